The molecule has 5 heterocycles. The summed E-state index contributed by atoms with van der Waals surface area (Å²) in [6, 6.07) is 8.23. The van der Waals surface area contributed by atoms with Gasteiger partial charge in [-0.2, -0.15) is 9.61 Å². The van der Waals surface area contributed by atoms with E-state index in [1.807, 2.05) is 41.1 Å². The Labute approximate surface area is 182 Å². The van der Waals surface area contributed by atoms with E-state index in [1.165, 1.54) is 0 Å². The molecule has 0 spiro atoms. The second-order valence-corrected chi connectivity index (χ2v) is 8.06. The zero-order chi connectivity index (χ0) is 21.7. The molecule has 0 bridgehead atoms. The Hall–Kier alpha value is -4.21. The van der Waals surface area contributed by atoms with Crippen molar-refractivity contribution in [3.05, 3.63) is 59.7 Å². The second-order valence-electron chi connectivity index (χ2n) is 8.06. The van der Waals surface area contributed by atoms with Crippen molar-refractivity contribution in [1.29, 1.82) is 0 Å². The van der Waals surface area contributed by atoms with Gasteiger partial charge in [-0.15, -0.1) is 0 Å². The minimum atomic E-state index is -0.369. The van der Waals surface area contributed by atoms with Crippen LogP contribution in [0.1, 0.15) is 30.5 Å². The number of imidazole rings is 1. The lowest BCUT2D eigenvalue weighted by Crippen LogP contribution is -2.19. The highest BCUT2D eigenvalue weighted by molar-refractivity contribution is 6.15. The molecular formula is C22H20N8O2. The van der Waals surface area contributed by atoms with Gasteiger partial charge in [0.15, 0.2) is 5.65 Å². The average Bonchev–Trinajstić information content (AvgIpc) is 3.21. The zero-order valence-corrected chi connectivity index (χ0v) is 17.1. The summed E-state index contributed by atoms with van der Waals surface area (Å²) in [5.74, 6) is 0.833. The fourth-order valence-electron chi connectivity index (χ4n) is 3.77. The molecule has 10 nitrogen and oxygen atoms in total. The van der Waals surface area contributed by atoms with Crippen LogP contribution < -0.4 is 16.0 Å². The first-order valence-corrected chi connectivity index (χ1v) is 10.5. The van der Waals surface area contributed by atoms with Crippen LogP contribution in [0.25, 0.3) is 17.4 Å². The van der Waals surface area contributed by atoms with Gasteiger partial charge in [-0.05, 0) is 31.1 Å². The number of amides is 2. The molecule has 2 aliphatic rings. The number of nitrogens with one attached hydrogen (secondary N) is 3. The molecule has 1 saturated carbocycles. The third-order valence-corrected chi connectivity index (χ3v) is 5.52. The molecule has 32 heavy (non-hydrogen) atoms. The SMILES string of the molecule is O=C1CC(=Cc2cnn3c(NC4CC4)cc(NCc4cn5ccccc5n4)nc23)C(=O)N1. The van der Waals surface area contributed by atoms with Gasteiger partial charge < -0.3 is 15.0 Å². The smallest absolute Gasteiger partial charge is 0.254 e. The van der Waals surface area contributed by atoms with Crippen LogP contribution in [0.4, 0.5) is 11.6 Å². The minimum absolute atomic E-state index is 0.0647. The van der Waals surface area contributed by atoms with Gasteiger partial charge in [0, 0.05) is 35.6 Å². The Morgan fingerprint density at radius 3 is 2.91 bits per heavy atom. The summed E-state index contributed by atoms with van der Waals surface area (Å²) < 4.78 is 3.71. The number of imide groups is 1. The number of fused-ring (bicyclic) bond motifs is 2. The van der Waals surface area contributed by atoms with Gasteiger partial charge in [0.1, 0.15) is 17.3 Å². The lowest BCUT2D eigenvalue weighted by Gasteiger charge is -2.11. The van der Waals surface area contributed by atoms with E-state index in [2.05, 4.69) is 26.0 Å². The van der Waals surface area contributed by atoms with Gasteiger partial charge in [-0.3, -0.25) is 14.9 Å². The lowest BCUT2D eigenvalue weighted by atomic mass is 10.1. The van der Waals surface area contributed by atoms with Gasteiger partial charge in [0.25, 0.3) is 5.91 Å². The van der Waals surface area contributed by atoms with Crippen LogP contribution >= 0.6 is 0 Å². The third kappa shape index (κ3) is 3.45. The maximum atomic E-state index is 12.0. The molecule has 0 aromatic carbocycles. The molecule has 2 fully saturated rings. The summed E-state index contributed by atoms with van der Waals surface area (Å²) in [6.07, 6.45) is 9.59. The Balaban J connectivity index is 1.34. The number of pyridine rings is 1. The summed E-state index contributed by atoms with van der Waals surface area (Å²) in [7, 11) is 0. The van der Waals surface area contributed by atoms with Gasteiger partial charge in [0.05, 0.1) is 24.9 Å². The molecule has 6 rings (SSSR count). The summed E-state index contributed by atoms with van der Waals surface area (Å²) in [6.45, 7) is 0.509. The van der Waals surface area contributed by atoms with Crippen LogP contribution in [0.5, 0.6) is 0 Å². The number of hydrogen-bond acceptors (Lipinski definition) is 7. The van der Waals surface area contributed by atoms with Crippen molar-refractivity contribution in [1.82, 2.24) is 29.3 Å². The molecule has 0 atom stereocenters. The molecule has 4 aromatic rings. The lowest BCUT2D eigenvalue weighted by molar-refractivity contribution is -0.124. The summed E-state index contributed by atoms with van der Waals surface area (Å²) in [5, 5.41) is 13.6. The molecule has 1 aliphatic heterocycles. The molecule has 0 unspecified atom stereocenters. The van der Waals surface area contributed by atoms with Crippen LogP contribution in [-0.2, 0) is 16.1 Å². The number of rotatable bonds is 6. The van der Waals surface area contributed by atoms with Crippen molar-refractivity contribution in [3.63, 3.8) is 0 Å². The van der Waals surface area contributed by atoms with Crippen LogP contribution in [-0.4, -0.2) is 41.8 Å². The molecular weight excluding hydrogens is 408 g/mol. The number of aromatic nitrogens is 5. The molecule has 160 valence electrons. The number of nitrogens with zero attached hydrogens (tertiary/aromatic N) is 5. The molecule has 1 aliphatic carbocycles. The quantitative estimate of drug-likeness (QED) is 0.318. The first-order valence-electron chi connectivity index (χ1n) is 10.5. The number of anilines is 2. The van der Waals surface area contributed by atoms with Gasteiger partial charge in [-0.25, -0.2) is 9.97 Å². The topological polar surface area (TPSA) is 118 Å². The van der Waals surface area contributed by atoms with Crippen molar-refractivity contribution in [2.24, 2.45) is 0 Å². The van der Waals surface area contributed by atoms with E-state index >= 15 is 0 Å². The number of hydrogen-bond donors (Lipinski definition) is 3. The molecule has 10 heteroatoms. The van der Waals surface area contributed by atoms with Crippen molar-refractivity contribution >= 4 is 40.8 Å². The number of carbonyl (C=O) groups excluding carboxylic acids is 2. The predicted molar refractivity (Wildman–Crippen MR) is 118 cm³/mol. The van der Waals surface area contributed by atoms with Crippen LogP contribution in [0.15, 0.2) is 48.4 Å². The van der Waals surface area contributed by atoms with E-state index in [-0.39, 0.29) is 18.2 Å². The fourth-order valence-corrected chi connectivity index (χ4v) is 3.77. The molecule has 4 aromatic heterocycles. The maximum Gasteiger partial charge on any atom is 0.254 e. The highest BCUT2D eigenvalue weighted by atomic mass is 16.2. The van der Waals surface area contributed by atoms with Crippen LogP contribution in [0.3, 0.4) is 0 Å². The summed E-state index contributed by atoms with van der Waals surface area (Å²) >= 11 is 0. The van der Waals surface area contributed by atoms with E-state index in [0.717, 1.165) is 30.0 Å². The Bertz CT molecular complexity index is 1380. The normalized spacial score (nSPS) is 17.4. The Kier molecular flexibility index (Phi) is 4.17. The van der Waals surface area contributed by atoms with E-state index in [0.29, 0.717) is 35.2 Å². The standard InChI is InChI=1S/C22H20N8O2/c31-20-8-13(22(32)28-20)7-14-10-24-30-19(25-15-4-5-15)9-17(27-21(14)30)23-11-16-12-29-6-2-1-3-18(29)26-16/h1-3,6-7,9-10,12,15,25H,4-5,8,11H2,(H,23,27)(H,28,31,32). The zero-order valence-electron chi connectivity index (χ0n) is 17.1. The summed E-state index contributed by atoms with van der Waals surface area (Å²) in [4.78, 5) is 32.9. The van der Waals surface area contributed by atoms with Crippen LogP contribution in [0, 0.1) is 0 Å². The third-order valence-electron chi connectivity index (χ3n) is 5.52. The van der Waals surface area contributed by atoms with Gasteiger partial charge in [-0.1, -0.05) is 6.07 Å². The summed E-state index contributed by atoms with van der Waals surface area (Å²) in [5.41, 5.74) is 3.48. The monoisotopic (exact) mass is 428 g/mol. The Morgan fingerprint density at radius 1 is 1.22 bits per heavy atom. The first-order chi connectivity index (χ1) is 15.6. The highest BCUT2D eigenvalue weighted by Gasteiger charge is 2.25. The largest absolute Gasteiger partial charge is 0.367 e. The fraction of sp³-hybridized carbons (Fsp3) is 0.227. The predicted octanol–water partition coefficient (Wildman–Crippen LogP) is 1.99. The van der Waals surface area contributed by atoms with Crippen molar-refractivity contribution in [2.45, 2.75) is 31.8 Å². The minimum Gasteiger partial charge on any atom is -0.367 e. The van der Waals surface area contributed by atoms with E-state index < -0.39 is 0 Å². The first kappa shape index (κ1) is 18.6. The van der Waals surface area contributed by atoms with Crippen molar-refractivity contribution in [3.8, 4) is 0 Å². The van der Waals surface area contributed by atoms with Gasteiger partial charge >= 0.3 is 0 Å². The number of carbonyl (C=O) groups is 2. The second kappa shape index (κ2) is 7.19. The molecule has 1 saturated heterocycles. The van der Waals surface area contributed by atoms with E-state index in [1.54, 1.807) is 16.8 Å². The highest BCUT2D eigenvalue weighted by Crippen LogP contribution is 2.28. The molecule has 0 radical (unpaired) electrons. The van der Waals surface area contributed by atoms with Crippen molar-refractivity contribution < 1.29 is 9.59 Å². The molecule has 2 amide bonds. The average molecular weight is 428 g/mol. The van der Waals surface area contributed by atoms with E-state index in [9.17, 15) is 9.59 Å². The maximum absolute atomic E-state index is 12.0. The van der Waals surface area contributed by atoms with E-state index in [4.69, 9.17) is 4.98 Å². The Morgan fingerprint density at radius 2 is 2.12 bits per heavy atom. The van der Waals surface area contributed by atoms with Crippen molar-refractivity contribution in [2.75, 3.05) is 10.6 Å². The van der Waals surface area contributed by atoms with Gasteiger partial charge in [0.2, 0.25) is 5.91 Å². The van der Waals surface area contributed by atoms with Crippen LogP contribution in [0.2, 0.25) is 0 Å². The molecule has 3 N–H and O–H groups in total.